The third kappa shape index (κ3) is 1.08. The molecule has 4 aliphatic rings. The molecular formula is C14H20F2O. The summed E-state index contributed by atoms with van der Waals surface area (Å²) in [5.41, 5.74) is 1.56. The van der Waals surface area contributed by atoms with E-state index in [1.165, 1.54) is 25.7 Å². The molecular weight excluding hydrogens is 222 g/mol. The van der Waals surface area contributed by atoms with Gasteiger partial charge >= 0.3 is 0 Å². The third-order valence-corrected chi connectivity index (χ3v) is 6.30. The van der Waals surface area contributed by atoms with Crippen molar-refractivity contribution in [2.24, 2.45) is 28.1 Å². The smallest absolute Gasteiger partial charge is 0.268 e. The molecule has 17 heavy (non-hydrogen) atoms. The van der Waals surface area contributed by atoms with Crippen LogP contribution in [0.2, 0.25) is 0 Å². The minimum Gasteiger partial charge on any atom is -0.375 e. The maximum Gasteiger partial charge on any atom is 0.268 e. The van der Waals surface area contributed by atoms with Gasteiger partial charge in [-0.1, -0.05) is 6.92 Å². The molecule has 5 unspecified atom stereocenters. The van der Waals surface area contributed by atoms with Gasteiger partial charge in [0.05, 0.1) is 6.61 Å². The average molecular weight is 242 g/mol. The van der Waals surface area contributed by atoms with Crippen LogP contribution in [-0.4, -0.2) is 19.1 Å². The Balaban J connectivity index is 1.40. The van der Waals surface area contributed by atoms with E-state index in [0.717, 1.165) is 18.8 Å². The van der Waals surface area contributed by atoms with E-state index in [1.54, 1.807) is 0 Å². The number of halogens is 2. The average Bonchev–Trinajstić information content (AvgIpc) is 2.63. The molecule has 0 bridgehead atoms. The highest BCUT2D eigenvalue weighted by atomic mass is 19.3. The lowest BCUT2D eigenvalue weighted by atomic mass is 9.39. The van der Waals surface area contributed by atoms with Gasteiger partial charge in [-0.2, -0.15) is 0 Å². The van der Waals surface area contributed by atoms with E-state index in [1.807, 2.05) is 0 Å². The second-order valence-electron chi connectivity index (χ2n) is 7.64. The molecule has 1 nitrogen and oxygen atoms in total. The van der Waals surface area contributed by atoms with Gasteiger partial charge in [-0.15, -0.1) is 0 Å². The van der Waals surface area contributed by atoms with Crippen LogP contribution in [0.5, 0.6) is 0 Å². The zero-order valence-electron chi connectivity index (χ0n) is 10.6. The van der Waals surface area contributed by atoms with E-state index in [-0.39, 0.29) is 0 Å². The van der Waals surface area contributed by atoms with Crippen LogP contribution in [-0.2, 0) is 4.74 Å². The van der Waals surface area contributed by atoms with E-state index in [2.05, 4.69) is 6.92 Å². The minimum absolute atomic E-state index is 0.310. The first-order valence-electron chi connectivity index (χ1n) is 6.76. The molecule has 4 fully saturated rings. The lowest BCUT2D eigenvalue weighted by molar-refractivity contribution is -0.219. The number of rotatable bonds is 4. The molecule has 0 saturated heterocycles. The van der Waals surface area contributed by atoms with E-state index in [9.17, 15) is 8.78 Å². The summed E-state index contributed by atoms with van der Waals surface area (Å²) in [5.74, 6) is -0.955. The van der Waals surface area contributed by atoms with Crippen molar-refractivity contribution >= 4 is 0 Å². The molecule has 5 atom stereocenters. The SMILES string of the molecule is CC(F)(F)COCC12CC3CC4(C)CC4(C1)C32. The summed E-state index contributed by atoms with van der Waals surface area (Å²) in [6, 6.07) is 0. The van der Waals surface area contributed by atoms with E-state index >= 15 is 0 Å². The van der Waals surface area contributed by atoms with Crippen LogP contribution in [0.25, 0.3) is 0 Å². The summed E-state index contributed by atoms with van der Waals surface area (Å²) in [7, 11) is 0. The van der Waals surface area contributed by atoms with E-state index in [4.69, 9.17) is 4.74 Å². The lowest BCUT2D eigenvalue weighted by Gasteiger charge is -2.66. The van der Waals surface area contributed by atoms with Crippen LogP contribution in [0, 0.1) is 28.1 Å². The van der Waals surface area contributed by atoms with Gasteiger partial charge in [0.15, 0.2) is 0 Å². The second-order valence-corrected chi connectivity index (χ2v) is 7.64. The first-order valence-corrected chi connectivity index (χ1v) is 6.76. The normalized spacial score (nSPS) is 57.9. The van der Waals surface area contributed by atoms with Gasteiger partial charge in [0.25, 0.3) is 5.92 Å². The van der Waals surface area contributed by atoms with Crippen molar-refractivity contribution in [3.63, 3.8) is 0 Å². The minimum atomic E-state index is -2.68. The molecule has 4 rings (SSSR count). The van der Waals surface area contributed by atoms with Crippen LogP contribution in [0.4, 0.5) is 8.78 Å². The molecule has 4 saturated carbocycles. The van der Waals surface area contributed by atoms with Crippen molar-refractivity contribution in [3.8, 4) is 0 Å². The molecule has 0 aromatic heterocycles. The van der Waals surface area contributed by atoms with Crippen molar-refractivity contribution in [2.75, 3.05) is 13.2 Å². The number of alkyl halides is 2. The summed E-state index contributed by atoms with van der Waals surface area (Å²) in [6.45, 7) is 3.53. The zero-order chi connectivity index (χ0) is 12.1. The standard InChI is InChI=1S/C14H20F2O/c1-11-3-9-4-13(8-17-7-12(2,15)16)6-14(11,5-11)10(9)13/h9-10H,3-8H2,1-2H3. The van der Waals surface area contributed by atoms with Crippen molar-refractivity contribution in [1.82, 2.24) is 0 Å². The molecule has 0 aliphatic heterocycles. The Labute approximate surface area is 101 Å². The second kappa shape index (κ2) is 2.56. The monoisotopic (exact) mass is 242 g/mol. The van der Waals surface area contributed by atoms with Crippen molar-refractivity contribution in [3.05, 3.63) is 0 Å². The molecule has 3 heteroatoms. The van der Waals surface area contributed by atoms with Gasteiger partial charge in [-0.05, 0) is 53.8 Å². The summed E-state index contributed by atoms with van der Waals surface area (Å²) >= 11 is 0. The molecule has 0 radical (unpaired) electrons. The zero-order valence-corrected chi connectivity index (χ0v) is 10.6. The van der Waals surface area contributed by atoms with Crippen molar-refractivity contribution in [1.29, 1.82) is 0 Å². The first kappa shape index (κ1) is 10.7. The van der Waals surface area contributed by atoms with Gasteiger partial charge in [-0.3, -0.25) is 0 Å². The molecule has 0 heterocycles. The quantitative estimate of drug-likeness (QED) is 0.733. The van der Waals surface area contributed by atoms with Crippen molar-refractivity contribution in [2.45, 2.75) is 45.5 Å². The lowest BCUT2D eigenvalue weighted by Crippen LogP contribution is -2.62. The Morgan fingerprint density at radius 3 is 2.71 bits per heavy atom. The highest BCUT2D eigenvalue weighted by molar-refractivity contribution is 5.36. The molecule has 0 aromatic rings. The topological polar surface area (TPSA) is 9.23 Å². The molecule has 0 amide bonds. The van der Waals surface area contributed by atoms with E-state index in [0.29, 0.717) is 22.9 Å². The summed E-state index contributed by atoms with van der Waals surface area (Å²) in [4.78, 5) is 0. The number of hydrogen-bond acceptors (Lipinski definition) is 1. The Kier molecular flexibility index (Phi) is 1.62. The highest BCUT2D eigenvalue weighted by Crippen LogP contribution is 2.94. The number of ether oxygens (including phenoxy) is 1. The molecule has 0 N–H and O–H groups in total. The van der Waals surface area contributed by atoms with Crippen LogP contribution in [0.3, 0.4) is 0 Å². The van der Waals surface area contributed by atoms with Crippen LogP contribution in [0.1, 0.15) is 39.5 Å². The van der Waals surface area contributed by atoms with Crippen LogP contribution < -0.4 is 0 Å². The van der Waals surface area contributed by atoms with Gasteiger partial charge < -0.3 is 4.74 Å². The van der Waals surface area contributed by atoms with Gasteiger partial charge in [0, 0.05) is 6.92 Å². The maximum absolute atomic E-state index is 12.7. The predicted molar refractivity (Wildman–Crippen MR) is 59.9 cm³/mol. The van der Waals surface area contributed by atoms with Gasteiger partial charge in [-0.25, -0.2) is 8.78 Å². The number of hydrogen-bond donors (Lipinski definition) is 0. The fourth-order valence-electron chi connectivity index (χ4n) is 6.02. The first-order chi connectivity index (χ1) is 7.81. The van der Waals surface area contributed by atoms with Crippen molar-refractivity contribution < 1.29 is 13.5 Å². The van der Waals surface area contributed by atoms with Crippen LogP contribution in [0.15, 0.2) is 0 Å². The Hall–Kier alpha value is -0.180. The molecule has 1 spiro atoms. The summed E-state index contributed by atoms with van der Waals surface area (Å²) in [5, 5.41) is 0. The van der Waals surface area contributed by atoms with Crippen LogP contribution >= 0.6 is 0 Å². The van der Waals surface area contributed by atoms with E-state index < -0.39 is 12.5 Å². The molecule has 0 aromatic carbocycles. The van der Waals surface area contributed by atoms with Gasteiger partial charge in [0.1, 0.15) is 6.61 Å². The largest absolute Gasteiger partial charge is 0.375 e. The summed E-state index contributed by atoms with van der Waals surface area (Å²) in [6.07, 6.45) is 5.29. The fraction of sp³-hybridized carbons (Fsp3) is 1.00. The third-order valence-electron chi connectivity index (χ3n) is 6.30. The Morgan fingerprint density at radius 2 is 2.06 bits per heavy atom. The fourth-order valence-corrected chi connectivity index (χ4v) is 6.02. The molecule has 96 valence electrons. The Morgan fingerprint density at radius 1 is 1.29 bits per heavy atom. The predicted octanol–water partition coefficient (Wildman–Crippen LogP) is 3.48. The van der Waals surface area contributed by atoms with Gasteiger partial charge in [0.2, 0.25) is 0 Å². The Bertz CT molecular complexity index is 390. The highest BCUT2D eigenvalue weighted by Gasteiger charge is 2.88. The summed E-state index contributed by atoms with van der Waals surface area (Å²) < 4.78 is 30.7. The molecule has 4 aliphatic carbocycles. The maximum atomic E-state index is 12.7.